The van der Waals surface area contributed by atoms with Gasteiger partial charge >= 0.3 is 0 Å². The van der Waals surface area contributed by atoms with Crippen LogP contribution < -0.4 is 14.6 Å². The molecule has 0 amide bonds. The van der Waals surface area contributed by atoms with Crippen molar-refractivity contribution in [2.45, 2.75) is 11.4 Å². The number of nitrogens with one attached hydrogen (secondary N) is 1. The lowest BCUT2D eigenvalue weighted by Crippen LogP contribution is -2.30. The van der Waals surface area contributed by atoms with E-state index in [1.165, 1.54) is 34.8 Å². The summed E-state index contributed by atoms with van der Waals surface area (Å²) < 4.78 is 38.0. The number of benzene rings is 2. The molecule has 29 heavy (non-hydrogen) atoms. The van der Waals surface area contributed by atoms with Crippen LogP contribution in [0.1, 0.15) is 5.56 Å². The third-order valence-electron chi connectivity index (χ3n) is 4.45. The van der Waals surface area contributed by atoms with E-state index < -0.39 is 10.0 Å². The Balaban J connectivity index is 1.76. The van der Waals surface area contributed by atoms with Crippen LogP contribution in [0, 0.1) is 0 Å². The molecule has 0 aliphatic rings. The van der Waals surface area contributed by atoms with Crippen molar-refractivity contribution in [1.82, 2.24) is 10.1 Å². The summed E-state index contributed by atoms with van der Waals surface area (Å²) >= 11 is 0. The number of fused-ring (bicyclic) bond motifs is 1. The van der Waals surface area contributed by atoms with Crippen LogP contribution in [0.4, 0.5) is 5.82 Å². The van der Waals surface area contributed by atoms with E-state index in [-0.39, 0.29) is 22.8 Å². The van der Waals surface area contributed by atoms with E-state index in [9.17, 15) is 13.2 Å². The Bertz CT molecular complexity index is 1300. The van der Waals surface area contributed by atoms with E-state index in [0.29, 0.717) is 16.7 Å². The lowest BCUT2D eigenvalue weighted by atomic mass is 10.2. The average Bonchev–Trinajstić information content (AvgIpc) is 3.26. The number of H-pyrrole nitrogens is 1. The number of ether oxygens (including phenoxy) is 1. The van der Waals surface area contributed by atoms with E-state index in [1.54, 1.807) is 43.5 Å². The van der Waals surface area contributed by atoms with Crippen LogP contribution in [-0.2, 0) is 16.6 Å². The molecule has 9 heteroatoms. The summed E-state index contributed by atoms with van der Waals surface area (Å²) in [5.41, 5.74) is 1.05. The zero-order valence-corrected chi connectivity index (χ0v) is 16.2. The number of methoxy groups -OCH3 is 1. The van der Waals surface area contributed by atoms with E-state index in [0.717, 1.165) is 5.56 Å². The zero-order chi connectivity index (χ0) is 20.4. The SMILES string of the molecule is COc1ccc(CN(c2ccon2)S(=O)(=O)c2ccc3[nH]c(=O)ccc3c2)cc1. The maximum Gasteiger partial charge on any atom is 0.265 e. The third kappa shape index (κ3) is 3.72. The van der Waals surface area contributed by atoms with Crippen molar-refractivity contribution in [3.05, 3.63) is 82.8 Å². The van der Waals surface area contributed by atoms with E-state index >= 15 is 0 Å². The van der Waals surface area contributed by atoms with Gasteiger partial charge in [0, 0.05) is 17.6 Å². The van der Waals surface area contributed by atoms with E-state index in [4.69, 9.17) is 9.26 Å². The van der Waals surface area contributed by atoms with Crippen molar-refractivity contribution in [2.24, 2.45) is 0 Å². The van der Waals surface area contributed by atoms with Gasteiger partial charge in [0.1, 0.15) is 12.0 Å². The fraction of sp³-hybridized carbons (Fsp3) is 0.100. The molecule has 0 atom stereocenters. The minimum atomic E-state index is -3.95. The molecule has 1 N–H and O–H groups in total. The summed E-state index contributed by atoms with van der Waals surface area (Å²) in [6, 6.07) is 16.0. The number of nitrogens with zero attached hydrogens (tertiary/aromatic N) is 2. The molecule has 0 saturated heterocycles. The fourth-order valence-corrected chi connectivity index (χ4v) is 4.37. The van der Waals surface area contributed by atoms with Gasteiger partial charge in [0.25, 0.3) is 10.0 Å². The predicted octanol–water partition coefficient (Wildman–Crippen LogP) is 2.92. The third-order valence-corrected chi connectivity index (χ3v) is 6.19. The maximum atomic E-state index is 13.4. The molecule has 2 aromatic heterocycles. The summed E-state index contributed by atoms with van der Waals surface area (Å²) in [7, 11) is -2.39. The van der Waals surface area contributed by atoms with Crippen LogP contribution in [-0.4, -0.2) is 25.7 Å². The van der Waals surface area contributed by atoms with Crippen molar-refractivity contribution >= 4 is 26.7 Å². The molecular formula is C20H17N3O5S. The molecule has 0 fully saturated rings. The molecule has 0 aliphatic heterocycles. The number of aromatic amines is 1. The molecule has 0 spiro atoms. The fourth-order valence-electron chi connectivity index (χ4n) is 2.94. The van der Waals surface area contributed by atoms with Gasteiger partial charge in [0.2, 0.25) is 5.56 Å². The largest absolute Gasteiger partial charge is 0.497 e. The predicted molar refractivity (Wildman–Crippen MR) is 107 cm³/mol. The molecule has 2 aromatic carbocycles. The topological polar surface area (TPSA) is 106 Å². The number of pyridine rings is 1. The first-order valence-corrected chi connectivity index (χ1v) is 10.1. The molecule has 148 valence electrons. The molecule has 0 bridgehead atoms. The second kappa shape index (κ2) is 7.44. The van der Waals surface area contributed by atoms with Crippen LogP contribution in [0.2, 0.25) is 0 Å². The van der Waals surface area contributed by atoms with Gasteiger partial charge < -0.3 is 14.2 Å². The highest BCUT2D eigenvalue weighted by molar-refractivity contribution is 7.92. The van der Waals surface area contributed by atoms with Crippen molar-refractivity contribution in [2.75, 3.05) is 11.4 Å². The minimum Gasteiger partial charge on any atom is -0.497 e. The van der Waals surface area contributed by atoms with Gasteiger partial charge in [0.05, 0.1) is 18.6 Å². The summed E-state index contributed by atoms with van der Waals surface area (Å²) in [4.78, 5) is 14.2. The smallest absolute Gasteiger partial charge is 0.265 e. The molecule has 0 saturated carbocycles. The molecular weight excluding hydrogens is 394 g/mol. The van der Waals surface area contributed by atoms with Gasteiger partial charge in [-0.2, -0.15) is 0 Å². The van der Waals surface area contributed by atoms with Gasteiger partial charge in [-0.05, 0) is 47.3 Å². The molecule has 0 unspecified atom stereocenters. The highest BCUT2D eigenvalue weighted by atomic mass is 32.2. The quantitative estimate of drug-likeness (QED) is 0.523. The van der Waals surface area contributed by atoms with Gasteiger partial charge in [-0.1, -0.05) is 17.3 Å². The lowest BCUT2D eigenvalue weighted by molar-refractivity contribution is 0.414. The number of rotatable bonds is 6. The molecule has 0 aliphatic carbocycles. The minimum absolute atomic E-state index is 0.0581. The van der Waals surface area contributed by atoms with Gasteiger partial charge in [-0.15, -0.1) is 0 Å². The van der Waals surface area contributed by atoms with Crippen molar-refractivity contribution in [1.29, 1.82) is 0 Å². The standard InChI is InChI=1S/C20H17N3O5S/c1-27-16-5-2-14(3-6-16)13-23(19-10-11-28-22-19)29(25,26)17-7-8-18-15(12-17)4-9-20(24)21-18/h2-12H,13H2,1H3,(H,21,24). The second-order valence-corrected chi connectivity index (χ2v) is 8.15. The Morgan fingerprint density at radius 3 is 2.55 bits per heavy atom. The summed E-state index contributed by atoms with van der Waals surface area (Å²) in [6.45, 7) is 0.0581. The normalized spacial score (nSPS) is 11.5. The van der Waals surface area contributed by atoms with Crippen LogP contribution in [0.25, 0.3) is 10.9 Å². The van der Waals surface area contributed by atoms with Crippen molar-refractivity contribution in [3.8, 4) is 5.75 Å². The van der Waals surface area contributed by atoms with E-state index in [2.05, 4.69) is 10.1 Å². The van der Waals surface area contributed by atoms with Crippen molar-refractivity contribution < 1.29 is 17.7 Å². The van der Waals surface area contributed by atoms with Crippen LogP contribution in [0.3, 0.4) is 0 Å². The van der Waals surface area contributed by atoms with Crippen LogP contribution >= 0.6 is 0 Å². The van der Waals surface area contributed by atoms with Crippen molar-refractivity contribution in [3.63, 3.8) is 0 Å². The Hall–Kier alpha value is -3.59. The molecule has 2 heterocycles. The van der Waals surface area contributed by atoms with Gasteiger partial charge in [0.15, 0.2) is 5.82 Å². The van der Waals surface area contributed by atoms with Crippen LogP contribution in [0.5, 0.6) is 5.75 Å². The number of hydrogen-bond acceptors (Lipinski definition) is 6. The number of aromatic nitrogens is 2. The maximum absolute atomic E-state index is 13.4. The summed E-state index contributed by atoms with van der Waals surface area (Å²) in [5.74, 6) is 0.843. The molecule has 4 rings (SSSR count). The first kappa shape index (κ1) is 18.8. The molecule has 8 nitrogen and oxygen atoms in total. The Morgan fingerprint density at radius 1 is 1.07 bits per heavy atom. The number of sulfonamides is 1. The first-order valence-electron chi connectivity index (χ1n) is 8.66. The summed E-state index contributed by atoms with van der Waals surface area (Å²) in [5, 5.41) is 4.42. The number of hydrogen-bond donors (Lipinski definition) is 1. The van der Waals surface area contributed by atoms with E-state index in [1.807, 2.05) is 0 Å². The highest BCUT2D eigenvalue weighted by Crippen LogP contribution is 2.27. The highest BCUT2D eigenvalue weighted by Gasteiger charge is 2.27. The summed E-state index contributed by atoms with van der Waals surface area (Å²) in [6.07, 6.45) is 1.32. The van der Waals surface area contributed by atoms with Gasteiger partial charge in [-0.3, -0.25) is 4.79 Å². The first-order chi connectivity index (χ1) is 14.0. The monoisotopic (exact) mass is 411 g/mol. The molecule has 4 aromatic rings. The number of anilines is 1. The van der Waals surface area contributed by atoms with Crippen LogP contribution in [0.15, 0.2) is 81.1 Å². The zero-order valence-electron chi connectivity index (χ0n) is 15.4. The Kier molecular flexibility index (Phi) is 4.81. The molecule has 0 radical (unpaired) electrons. The Morgan fingerprint density at radius 2 is 1.86 bits per heavy atom. The Labute approximate surface area is 166 Å². The second-order valence-electron chi connectivity index (χ2n) is 6.29. The van der Waals surface area contributed by atoms with Gasteiger partial charge in [-0.25, -0.2) is 12.7 Å². The average molecular weight is 411 g/mol. The lowest BCUT2D eigenvalue weighted by Gasteiger charge is -2.22.